The Labute approximate surface area is 309 Å². The summed E-state index contributed by atoms with van der Waals surface area (Å²) in [6.07, 6.45) is 6.44. The third-order valence-corrected chi connectivity index (χ3v) is 10.1. The van der Waals surface area contributed by atoms with Crippen LogP contribution < -0.4 is 26.5 Å². The Bertz CT molecular complexity index is 2440. The fourth-order valence-electron chi connectivity index (χ4n) is 7.38. The van der Waals surface area contributed by atoms with Crippen molar-refractivity contribution in [2.45, 2.75) is 90.8 Å². The highest BCUT2D eigenvalue weighted by Crippen LogP contribution is 2.38. The van der Waals surface area contributed by atoms with Crippen molar-refractivity contribution in [3.63, 3.8) is 0 Å². The number of rotatable bonds is 11. The number of benzene rings is 2. The fraction of sp³-hybridized carbons (Fsp3) is 0.462. The molecule has 7 rings (SSSR count). The van der Waals surface area contributed by atoms with Crippen LogP contribution in [-0.4, -0.2) is 72.9 Å². The highest BCUT2D eigenvalue weighted by atomic mass is 19.1. The molecule has 0 amide bonds. The number of pyridine rings is 1. The van der Waals surface area contributed by atoms with E-state index in [4.69, 9.17) is 4.74 Å². The molecular formula is C39H44FN7O7. The number of fused-ring (bicyclic) bond motifs is 3. The third-order valence-electron chi connectivity index (χ3n) is 10.1. The lowest BCUT2D eigenvalue weighted by Crippen LogP contribution is -2.47. The van der Waals surface area contributed by atoms with E-state index in [-0.39, 0.29) is 34.5 Å². The highest BCUT2D eigenvalue weighted by Gasteiger charge is 2.29. The lowest BCUT2D eigenvalue weighted by atomic mass is 10.1. The number of anilines is 2. The van der Waals surface area contributed by atoms with Crippen LogP contribution in [0.15, 0.2) is 44.8 Å². The predicted molar refractivity (Wildman–Crippen MR) is 203 cm³/mol. The number of ether oxygens (including phenoxy) is 1. The monoisotopic (exact) mass is 741 g/mol. The van der Waals surface area contributed by atoms with Gasteiger partial charge in [0.2, 0.25) is 5.43 Å². The van der Waals surface area contributed by atoms with Crippen LogP contribution in [0.2, 0.25) is 0 Å². The van der Waals surface area contributed by atoms with Gasteiger partial charge in [0, 0.05) is 62.5 Å². The lowest BCUT2D eigenvalue weighted by molar-refractivity contribution is -0.154. The molecule has 2 N–H and O–H groups in total. The summed E-state index contributed by atoms with van der Waals surface area (Å²) in [5.74, 6) is -1.93. The number of hydrogen-bond acceptors (Lipinski definition) is 10. The number of aromatic amines is 1. The van der Waals surface area contributed by atoms with Crippen LogP contribution in [0.4, 0.5) is 15.8 Å². The maximum Gasteiger partial charge on any atom is 0.349 e. The van der Waals surface area contributed by atoms with Crippen molar-refractivity contribution in [1.82, 2.24) is 24.1 Å². The first-order valence-corrected chi connectivity index (χ1v) is 18.5. The molecule has 0 spiro atoms. The maximum absolute atomic E-state index is 15.7. The summed E-state index contributed by atoms with van der Waals surface area (Å²) in [6.45, 7) is 10.0. The van der Waals surface area contributed by atoms with E-state index < -0.39 is 34.1 Å². The number of hydrogen-bond donors (Lipinski definition) is 2. The summed E-state index contributed by atoms with van der Waals surface area (Å²) in [5, 5.41) is 9.66. The third kappa shape index (κ3) is 7.44. The largest absolute Gasteiger partial charge is 0.477 e. The second kappa shape index (κ2) is 14.3. The number of carbonyl (C=O) groups excluding carboxylic acids is 1. The van der Waals surface area contributed by atoms with Gasteiger partial charge in [-0.25, -0.2) is 19.0 Å². The molecule has 3 aliphatic heterocycles. The molecule has 0 radical (unpaired) electrons. The molecular weight excluding hydrogens is 697 g/mol. The highest BCUT2D eigenvalue weighted by molar-refractivity contribution is 5.93. The zero-order chi connectivity index (χ0) is 38.5. The first-order chi connectivity index (χ1) is 25.7. The van der Waals surface area contributed by atoms with Crippen molar-refractivity contribution in [1.29, 1.82) is 0 Å². The Morgan fingerprint density at radius 3 is 2.26 bits per heavy atom. The van der Waals surface area contributed by atoms with Crippen LogP contribution in [0.5, 0.6) is 0 Å². The van der Waals surface area contributed by atoms with Gasteiger partial charge in [0.05, 0.1) is 22.2 Å². The average Bonchev–Trinajstić information content (AvgIpc) is 3.95. The van der Waals surface area contributed by atoms with Gasteiger partial charge < -0.3 is 28.8 Å². The van der Waals surface area contributed by atoms with Gasteiger partial charge >= 0.3 is 17.6 Å². The van der Waals surface area contributed by atoms with Crippen molar-refractivity contribution in [3.8, 4) is 11.5 Å². The number of carbonyl (C=O) groups is 2. The van der Waals surface area contributed by atoms with Crippen molar-refractivity contribution < 1.29 is 23.8 Å². The van der Waals surface area contributed by atoms with Crippen molar-refractivity contribution >= 4 is 45.2 Å². The molecule has 2 aromatic carbocycles. The SMILES string of the molecule is Cc1cc2nc3c(=O)[nH]c(=O)nc-3n(CCCCCCC(=O)OC(C)(C)C)c2cc1N1CCN(c2cc3c(cc2F)c(=O)c(C(=O)O)cn3C2CC2)CC1. The van der Waals surface area contributed by atoms with Crippen molar-refractivity contribution in [3.05, 3.63) is 78.5 Å². The minimum Gasteiger partial charge on any atom is -0.477 e. The number of halogens is 1. The molecule has 0 atom stereocenters. The molecule has 1 aromatic heterocycles. The number of unbranched alkanes of at least 4 members (excludes halogenated alkanes) is 3. The number of aryl methyl sites for hydroxylation is 2. The van der Waals surface area contributed by atoms with Crippen molar-refractivity contribution in [2.24, 2.45) is 0 Å². The molecule has 0 unspecified atom stereocenters. The van der Waals surface area contributed by atoms with Crippen LogP contribution in [0.1, 0.15) is 87.7 Å². The van der Waals surface area contributed by atoms with Gasteiger partial charge in [-0.1, -0.05) is 12.8 Å². The number of carboxylic acid groups (broad SMARTS) is 1. The summed E-state index contributed by atoms with van der Waals surface area (Å²) in [4.78, 5) is 77.2. The van der Waals surface area contributed by atoms with Gasteiger partial charge in [0.25, 0.3) is 5.56 Å². The zero-order valence-electron chi connectivity index (χ0n) is 30.9. The maximum atomic E-state index is 15.7. The molecule has 0 bridgehead atoms. The Kier molecular flexibility index (Phi) is 9.75. The molecule has 2 fully saturated rings. The smallest absolute Gasteiger partial charge is 0.349 e. The van der Waals surface area contributed by atoms with E-state index in [2.05, 4.69) is 19.9 Å². The molecule has 15 heteroatoms. The van der Waals surface area contributed by atoms with Gasteiger partial charge in [-0.15, -0.1) is 0 Å². The van der Waals surface area contributed by atoms with E-state index in [1.54, 1.807) is 10.6 Å². The minimum atomic E-state index is -1.33. The van der Waals surface area contributed by atoms with E-state index in [9.17, 15) is 29.1 Å². The minimum absolute atomic E-state index is 0.0595. The first kappa shape index (κ1) is 36.7. The molecule has 284 valence electrons. The molecule has 54 heavy (non-hydrogen) atoms. The van der Waals surface area contributed by atoms with E-state index in [0.717, 1.165) is 42.5 Å². The second-order valence-electron chi connectivity index (χ2n) is 15.3. The van der Waals surface area contributed by atoms with Crippen LogP contribution in [-0.2, 0) is 16.1 Å². The lowest BCUT2D eigenvalue weighted by Gasteiger charge is -2.38. The molecule has 1 saturated carbocycles. The zero-order valence-corrected chi connectivity index (χ0v) is 30.9. The Morgan fingerprint density at radius 1 is 0.926 bits per heavy atom. The summed E-state index contributed by atoms with van der Waals surface area (Å²) >= 11 is 0. The van der Waals surface area contributed by atoms with Crippen LogP contribution >= 0.6 is 0 Å². The number of aromatic carboxylic acids is 1. The average molecular weight is 742 g/mol. The predicted octanol–water partition coefficient (Wildman–Crippen LogP) is 5.00. The van der Waals surface area contributed by atoms with E-state index >= 15 is 4.39 Å². The van der Waals surface area contributed by atoms with E-state index in [1.807, 2.05) is 49.3 Å². The van der Waals surface area contributed by atoms with Crippen LogP contribution in [0, 0.1) is 12.7 Å². The van der Waals surface area contributed by atoms with Crippen LogP contribution in [0.3, 0.4) is 0 Å². The normalized spacial score (nSPS) is 15.1. The second-order valence-corrected chi connectivity index (χ2v) is 15.3. The van der Waals surface area contributed by atoms with Gasteiger partial charge in [0.1, 0.15) is 17.0 Å². The number of esters is 1. The Morgan fingerprint density at radius 2 is 1.59 bits per heavy atom. The Balaban J connectivity index is 1.13. The van der Waals surface area contributed by atoms with Gasteiger partial charge in [-0.05, 0) is 83.2 Å². The molecule has 14 nitrogen and oxygen atoms in total. The van der Waals surface area contributed by atoms with Crippen molar-refractivity contribution in [2.75, 3.05) is 36.0 Å². The topological polar surface area (TPSA) is 173 Å². The number of nitrogens with zero attached hydrogens (tertiary/aromatic N) is 6. The van der Waals surface area contributed by atoms with Gasteiger partial charge in [-0.3, -0.25) is 19.4 Å². The summed E-state index contributed by atoms with van der Waals surface area (Å²) in [7, 11) is 0. The number of piperazine rings is 1. The molecule has 1 aliphatic carbocycles. The first-order valence-electron chi connectivity index (χ1n) is 18.5. The number of nitrogens with one attached hydrogen (secondary N) is 1. The van der Waals surface area contributed by atoms with E-state index in [1.165, 1.54) is 12.3 Å². The number of carboxylic acids is 1. The molecule has 3 aromatic rings. The van der Waals surface area contributed by atoms with E-state index in [0.29, 0.717) is 68.7 Å². The summed E-state index contributed by atoms with van der Waals surface area (Å²) in [6, 6.07) is 6.84. The summed E-state index contributed by atoms with van der Waals surface area (Å²) in [5.41, 5.74) is 1.20. The summed E-state index contributed by atoms with van der Waals surface area (Å²) < 4.78 is 24.8. The standard InChI is InChI=1S/C39H44FN7O7/c1-22-17-27-31(46(35-33(41-27)36(50)43-38(53)42-35)12-8-6-5-7-9-32(48)54-39(2,3)4)19-28(22)44-13-15-45(16-14-44)30-20-29-24(18-26(30)40)34(49)25(37(51)52)21-47(29)23-10-11-23/h17-21,23H,5-16H2,1-4H3,(H,51,52)(H,43,50,53). The number of H-pyrrole nitrogens is 1. The van der Waals surface area contributed by atoms with Gasteiger partial charge in [0.15, 0.2) is 11.5 Å². The van der Waals surface area contributed by atoms with Crippen LogP contribution in [0.25, 0.3) is 33.5 Å². The quantitative estimate of drug-likeness (QED) is 0.106. The molecule has 4 aliphatic rings. The fourth-order valence-corrected chi connectivity index (χ4v) is 7.38. The molecule has 1 saturated heterocycles. The Hall–Kier alpha value is -5.60. The van der Waals surface area contributed by atoms with Gasteiger partial charge in [-0.2, -0.15) is 4.98 Å². The molecule has 4 heterocycles. The number of aromatic nitrogens is 5.